The van der Waals surface area contributed by atoms with Gasteiger partial charge in [-0.2, -0.15) is 0 Å². The molecule has 11 nitrogen and oxygen atoms in total. The first-order chi connectivity index (χ1) is 19.2. The van der Waals surface area contributed by atoms with Crippen molar-refractivity contribution in [3.8, 4) is 0 Å². The number of rotatable bonds is 13. The number of hydrogen-bond donors (Lipinski definition) is 0. The second-order valence-corrected chi connectivity index (χ2v) is 8.99. The second kappa shape index (κ2) is 14.5. The summed E-state index contributed by atoms with van der Waals surface area (Å²) < 4.78 is 40.1. The molecule has 11 heteroatoms. The maximum Gasteiger partial charge on any atom is 0.345 e. The summed E-state index contributed by atoms with van der Waals surface area (Å²) in [7, 11) is 0. The first-order valence-electron chi connectivity index (χ1n) is 12.8. The number of carbonyl (C=O) groups is 4. The maximum atomic E-state index is 13.8. The fourth-order valence-electron chi connectivity index (χ4n) is 4.32. The van der Waals surface area contributed by atoms with Crippen molar-refractivity contribution in [3.63, 3.8) is 0 Å². The van der Waals surface area contributed by atoms with E-state index in [2.05, 4.69) is 0 Å². The molecule has 0 aromatic heterocycles. The molecule has 40 heavy (non-hydrogen) atoms. The Kier molecular flexibility index (Phi) is 11.2. The van der Waals surface area contributed by atoms with Gasteiger partial charge in [-0.25, -0.2) is 4.79 Å². The number of hydrogen-bond acceptors (Lipinski definition) is 11. The fraction of sp³-hybridized carbons (Fsp3) is 0.448. The molecular weight excluding hydrogens is 524 g/mol. The summed E-state index contributed by atoms with van der Waals surface area (Å²) in [5, 5.41) is 0. The highest BCUT2D eigenvalue weighted by molar-refractivity contribution is 5.83. The van der Waals surface area contributed by atoms with Crippen LogP contribution in [0.15, 0.2) is 60.7 Å². The van der Waals surface area contributed by atoms with Gasteiger partial charge in [-0.05, 0) is 18.1 Å². The van der Waals surface area contributed by atoms with Gasteiger partial charge < -0.3 is 33.2 Å². The molecule has 1 saturated heterocycles. The molecule has 1 fully saturated rings. The van der Waals surface area contributed by atoms with Crippen molar-refractivity contribution in [1.82, 2.24) is 0 Å². The lowest BCUT2D eigenvalue weighted by Crippen LogP contribution is -2.62. The Balaban J connectivity index is 2.12. The molecule has 5 atom stereocenters. The Hall–Kier alpha value is -3.80. The highest BCUT2D eigenvalue weighted by atomic mass is 16.8. The zero-order chi connectivity index (χ0) is 29.1. The van der Waals surface area contributed by atoms with Crippen molar-refractivity contribution in [2.24, 2.45) is 0 Å². The summed E-state index contributed by atoms with van der Waals surface area (Å²) in [4.78, 5) is 49.8. The summed E-state index contributed by atoms with van der Waals surface area (Å²) in [6, 6.07) is 18.3. The van der Waals surface area contributed by atoms with Gasteiger partial charge in [-0.1, -0.05) is 60.7 Å². The largest absolute Gasteiger partial charge is 0.464 e. The van der Waals surface area contributed by atoms with Crippen LogP contribution in [-0.4, -0.2) is 67.3 Å². The van der Waals surface area contributed by atoms with Gasteiger partial charge in [0, 0.05) is 20.8 Å². The number of ether oxygens (including phenoxy) is 7. The Morgan fingerprint density at radius 3 is 1.88 bits per heavy atom. The molecule has 0 saturated carbocycles. The Bertz CT molecular complexity index is 1140. The van der Waals surface area contributed by atoms with E-state index < -0.39 is 60.7 Å². The lowest BCUT2D eigenvalue weighted by atomic mass is 9.88. The van der Waals surface area contributed by atoms with Crippen LogP contribution < -0.4 is 0 Å². The van der Waals surface area contributed by atoms with Crippen LogP contribution in [0, 0.1) is 0 Å². The normalized spacial score (nSPS) is 22.6. The van der Waals surface area contributed by atoms with E-state index in [0.717, 1.165) is 25.0 Å². The second-order valence-electron chi connectivity index (χ2n) is 8.99. The van der Waals surface area contributed by atoms with Crippen molar-refractivity contribution in [3.05, 3.63) is 71.8 Å². The van der Waals surface area contributed by atoms with Gasteiger partial charge in [0.25, 0.3) is 0 Å². The molecule has 0 aliphatic carbocycles. The molecule has 1 heterocycles. The summed E-state index contributed by atoms with van der Waals surface area (Å²) in [5.74, 6) is -3.17. The standard InChI is InChI=1S/C29H34O11/c1-5-34-28(33)29(24(38-20(3)31)18-35-19(2)30)26(37-17-23-14-10-7-11-15-23)25(27(40-29)39-21(4)32)36-16-22-12-8-6-9-13-22/h6-15,24-27H,5,16-18H2,1-4H3/t24-,25-,26-,27?,29?/m1/s1. The minimum absolute atomic E-state index is 0.0195. The van der Waals surface area contributed by atoms with E-state index in [-0.39, 0.29) is 19.8 Å². The molecule has 2 aromatic rings. The number of benzene rings is 2. The van der Waals surface area contributed by atoms with Gasteiger partial charge in [-0.3, -0.25) is 14.4 Å². The maximum absolute atomic E-state index is 13.8. The fourth-order valence-corrected chi connectivity index (χ4v) is 4.32. The van der Waals surface area contributed by atoms with Crippen LogP contribution in [0.4, 0.5) is 0 Å². The average Bonchev–Trinajstić information content (AvgIpc) is 3.22. The molecule has 1 aliphatic rings. The van der Waals surface area contributed by atoms with E-state index in [1.807, 2.05) is 60.7 Å². The Labute approximate surface area is 232 Å². The van der Waals surface area contributed by atoms with Crippen molar-refractivity contribution in [2.75, 3.05) is 13.2 Å². The summed E-state index contributed by atoms with van der Waals surface area (Å²) in [5.41, 5.74) is -0.703. The van der Waals surface area contributed by atoms with Gasteiger partial charge in [0.15, 0.2) is 6.10 Å². The van der Waals surface area contributed by atoms with Crippen molar-refractivity contribution < 1.29 is 52.3 Å². The lowest BCUT2D eigenvalue weighted by Gasteiger charge is -2.37. The molecule has 2 aromatic carbocycles. The molecule has 3 rings (SSSR count). The van der Waals surface area contributed by atoms with Crippen molar-refractivity contribution in [1.29, 1.82) is 0 Å². The van der Waals surface area contributed by atoms with Crippen LogP contribution in [0.2, 0.25) is 0 Å². The number of esters is 4. The predicted octanol–water partition coefficient (Wildman–Crippen LogP) is 2.87. The van der Waals surface area contributed by atoms with Gasteiger partial charge >= 0.3 is 23.9 Å². The molecule has 1 aliphatic heterocycles. The molecule has 2 unspecified atom stereocenters. The third-order valence-electron chi connectivity index (χ3n) is 5.96. The monoisotopic (exact) mass is 558 g/mol. The smallest absolute Gasteiger partial charge is 0.345 e. The van der Waals surface area contributed by atoms with Gasteiger partial charge in [-0.15, -0.1) is 0 Å². The van der Waals surface area contributed by atoms with Crippen LogP contribution >= 0.6 is 0 Å². The van der Waals surface area contributed by atoms with Gasteiger partial charge in [0.1, 0.15) is 18.8 Å². The van der Waals surface area contributed by atoms with Crippen molar-refractivity contribution >= 4 is 23.9 Å². The summed E-state index contributed by atoms with van der Waals surface area (Å²) in [6.45, 7) is 4.42. The Morgan fingerprint density at radius 2 is 1.38 bits per heavy atom. The highest BCUT2D eigenvalue weighted by Crippen LogP contribution is 2.42. The van der Waals surface area contributed by atoms with Crippen LogP contribution in [-0.2, 0) is 65.5 Å². The van der Waals surface area contributed by atoms with Crippen LogP contribution in [0.25, 0.3) is 0 Å². The van der Waals surface area contributed by atoms with E-state index in [9.17, 15) is 19.2 Å². The van der Waals surface area contributed by atoms with Gasteiger partial charge in [0.05, 0.1) is 19.8 Å². The summed E-state index contributed by atoms with van der Waals surface area (Å²) in [6.07, 6.45) is -5.55. The summed E-state index contributed by atoms with van der Waals surface area (Å²) >= 11 is 0. The number of carbonyl (C=O) groups excluding carboxylic acids is 4. The van der Waals surface area contributed by atoms with E-state index in [0.29, 0.717) is 0 Å². The molecule has 216 valence electrons. The molecular formula is C29H34O11. The minimum atomic E-state index is -2.24. The molecule has 0 N–H and O–H groups in total. The SMILES string of the molecule is CCOC(=O)C1([C@@H](COC(C)=O)OC(C)=O)OC(OC(C)=O)[C@H](OCc2ccccc2)[C@H]1OCc1ccccc1. The minimum Gasteiger partial charge on any atom is -0.464 e. The lowest BCUT2D eigenvalue weighted by molar-refractivity contribution is -0.239. The van der Waals surface area contributed by atoms with E-state index in [1.165, 1.54) is 6.92 Å². The Morgan fingerprint density at radius 1 is 0.800 bits per heavy atom. The van der Waals surface area contributed by atoms with Crippen LogP contribution in [0.1, 0.15) is 38.8 Å². The predicted molar refractivity (Wildman–Crippen MR) is 138 cm³/mol. The van der Waals surface area contributed by atoms with Gasteiger partial charge in [0.2, 0.25) is 11.9 Å². The zero-order valence-corrected chi connectivity index (χ0v) is 22.9. The molecule has 0 radical (unpaired) electrons. The molecule has 0 amide bonds. The van der Waals surface area contributed by atoms with E-state index >= 15 is 0 Å². The zero-order valence-electron chi connectivity index (χ0n) is 22.9. The van der Waals surface area contributed by atoms with E-state index in [1.54, 1.807) is 6.92 Å². The third kappa shape index (κ3) is 7.87. The topological polar surface area (TPSA) is 133 Å². The highest BCUT2D eigenvalue weighted by Gasteiger charge is 2.68. The van der Waals surface area contributed by atoms with Crippen LogP contribution in [0.5, 0.6) is 0 Å². The average molecular weight is 559 g/mol. The molecule has 0 bridgehead atoms. The third-order valence-corrected chi connectivity index (χ3v) is 5.96. The quantitative estimate of drug-likeness (QED) is 0.265. The van der Waals surface area contributed by atoms with Crippen molar-refractivity contribution in [2.45, 2.75) is 71.1 Å². The van der Waals surface area contributed by atoms with E-state index in [4.69, 9.17) is 33.2 Å². The first-order valence-corrected chi connectivity index (χ1v) is 12.8. The van der Waals surface area contributed by atoms with Crippen LogP contribution in [0.3, 0.4) is 0 Å². The first kappa shape index (κ1) is 30.7. The molecule has 0 spiro atoms.